The van der Waals surface area contributed by atoms with Crippen LogP contribution in [0.1, 0.15) is 17.3 Å². The quantitative estimate of drug-likeness (QED) is 0.373. The molecule has 1 fully saturated rings. The van der Waals surface area contributed by atoms with Crippen molar-refractivity contribution in [2.45, 2.75) is 6.92 Å². The first-order chi connectivity index (χ1) is 15.4. The number of methoxy groups -OCH3 is 1. The third-order valence-corrected chi connectivity index (χ3v) is 5.05. The number of amides is 2. The molecule has 3 rings (SSSR count). The van der Waals surface area contributed by atoms with Crippen molar-refractivity contribution in [3.63, 3.8) is 0 Å². The largest absolute Gasteiger partial charge is 0.474 e. The summed E-state index contributed by atoms with van der Waals surface area (Å²) in [4.78, 5) is 43.2. The zero-order valence-corrected chi connectivity index (χ0v) is 17.9. The summed E-state index contributed by atoms with van der Waals surface area (Å²) >= 11 is 0. The number of nitrogens with zero attached hydrogens (tertiary/aromatic N) is 4. The van der Waals surface area contributed by atoms with Crippen molar-refractivity contribution in [3.05, 3.63) is 52.2 Å². The highest BCUT2D eigenvalue weighted by Crippen LogP contribution is 2.31. The maximum Gasteiger partial charge on any atom is 0.293 e. The average molecular weight is 443 g/mol. The van der Waals surface area contributed by atoms with Gasteiger partial charge in [-0.15, -0.1) is 0 Å². The monoisotopic (exact) mass is 443 g/mol. The van der Waals surface area contributed by atoms with Crippen LogP contribution in [0.25, 0.3) is 0 Å². The number of nitro groups is 1. The number of ether oxygens (including phenoxy) is 2. The molecule has 1 aromatic heterocycles. The topological polar surface area (TPSA) is 127 Å². The Morgan fingerprint density at radius 2 is 1.94 bits per heavy atom. The first-order valence-electron chi connectivity index (χ1n) is 10.1. The standard InChI is InChI=1S/C21H25N5O6/c1-15(27)24-8-10-25(11-9-24)18-6-5-16(14-19(18)26(29)30)20(28)23-17-4-3-7-22-21(17)32-13-12-31-2/h3-7,14H,8-13H2,1-2H3,(H,23,28). The molecule has 0 atom stereocenters. The number of hydrogen-bond acceptors (Lipinski definition) is 8. The number of pyridine rings is 1. The van der Waals surface area contributed by atoms with Gasteiger partial charge in [-0.1, -0.05) is 0 Å². The Hall–Kier alpha value is -3.73. The van der Waals surface area contributed by atoms with Gasteiger partial charge < -0.3 is 24.6 Å². The van der Waals surface area contributed by atoms with Crippen molar-refractivity contribution >= 4 is 28.9 Å². The van der Waals surface area contributed by atoms with E-state index in [0.29, 0.717) is 44.2 Å². The van der Waals surface area contributed by atoms with Gasteiger partial charge in [-0.3, -0.25) is 19.7 Å². The van der Waals surface area contributed by atoms with Gasteiger partial charge in [-0.05, 0) is 24.3 Å². The van der Waals surface area contributed by atoms with Gasteiger partial charge in [0.2, 0.25) is 11.8 Å². The van der Waals surface area contributed by atoms with Crippen molar-refractivity contribution < 1.29 is 24.0 Å². The molecule has 11 heteroatoms. The average Bonchev–Trinajstić information content (AvgIpc) is 2.80. The number of carbonyl (C=O) groups is 2. The second-order valence-corrected chi connectivity index (χ2v) is 7.11. The van der Waals surface area contributed by atoms with Crippen LogP contribution in [0.5, 0.6) is 5.88 Å². The predicted octanol–water partition coefficient (Wildman–Crippen LogP) is 1.94. The first-order valence-corrected chi connectivity index (χ1v) is 10.1. The Kier molecular flexibility index (Phi) is 7.55. The molecule has 11 nitrogen and oxygen atoms in total. The van der Waals surface area contributed by atoms with Gasteiger partial charge in [0.05, 0.1) is 11.5 Å². The molecule has 0 saturated carbocycles. The van der Waals surface area contributed by atoms with Crippen molar-refractivity contribution in [1.82, 2.24) is 9.88 Å². The number of piperazine rings is 1. The minimum absolute atomic E-state index is 0.0212. The maximum absolute atomic E-state index is 12.8. The van der Waals surface area contributed by atoms with Crippen LogP contribution >= 0.6 is 0 Å². The van der Waals surface area contributed by atoms with E-state index in [1.54, 1.807) is 30.2 Å². The van der Waals surface area contributed by atoms with E-state index in [-0.39, 0.29) is 29.6 Å². The van der Waals surface area contributed by atoms with Gasteiger partial charge >= 0.3 is 0 Å². The molecule has 1 aromatic carbocycles. The number of nitro benzene ring substituents is 1. The number of hydrogen-bond donors (Lipinski definition) is 1. The Labute approximate surface area is 185 Å². The number of carbonyl (C=O) groups excluding carboxylic acids is 2. The maximum atomic E-state index is 12.8. The zero-order chi connectivity index (χ0) is 23.1. The summed E-state index contributed by atoms with van der Waals surface area (Å²) in [5.74, 6) is -0.315. The van der Waals surface area contributed by atoms with Gasteiger partial charge in [0.1, 0.15) is 18.0 Å². The molecule has 32 heavy (non-hydrogen) atoms. The van der Waals surface area contributed by atoms with Crippen LogP contribution in [0.3, 0.4) is 0 Å². The smallest absolute Gasteiger partial charge is 0.293 e. The number of anilines is 2. The second kappa shape index (κ2) is 10.5. The van der Waals surface area contributed by atoms with Crippen molar-refractivity contribution in [2.24, 2.45) is 0 Å². The summed E-state index contributed by atoms with van der Waals surface area (Å²) in [5, 5.41) is 14.4. The molecule has 2 amide bonds. The molecular formula is C21H25N5O6. The van der Waals surface area contributed by atoms with E-state index in [9.17, 15) is 19.7 Å². The molecule has 0 unspecified atom stereocenters. The highest BCUT2D eigenvalue weighted by molar-refractivity contribution is 6.05. The number of aromatic nitrogens is 1. The van der Waals surface area contributed by atoms with E-state index in [1.807, 2.05) is 4.90 Å². The van der Waals surface area contributed by atoms with Crippen LogP contribution < -0.4 is 15.0 Å². The Balaban J connectivity index is 1.77. The lowest BCUT2D eigenvalue weighted by Gasteiger charge is -2.35. The number of nitrogens with one attached hydrogen (secondary N) is 1. The Bertz CT molecular complexity index is 990. The molecule has 1 saturated heterocycles. The van der Waals surface area contributed by atoms with E-state index in [2.05, 4.69) is 10.3 Å². The highest BCUT2D eigenvalue weighted by atomic mass is 16.6. The summed E-state index contributed by atoms with van der Waals surface area (Å²) in [7, 11) is 1.55. The van der Waals surface area contributed by atoms with Crippen LogP contribution in [0.2, 0.25) is 0 Å². The SMILES string of the molecule is COCCOc1ncccc1NC(=O)c1ccc(N2CCN(C(C)=O)CC2)c([N+](=O)[O-])c1. The predicted molar refractivity (Wildman–Crippen MR) is 117 cm³/mol. The second-order valence-electron chi connectivity index (χ2n) is 7.11. The third kappa shape index (κ3) is 5.49. The fourth-order valence-corrected chi connectivity index (χ4v) is 3.36. The van der Waals surface area contributed by atoms with Crippen LogP contribution in [-0.2, 0) is 9.53 Å². The Morgan fingerprint density at radius 3 is 2.59 bits per heavy atom. The molecule has 2 heterocycles. The normalized spacial score (nSPS) is 13.6. The van der Waals surface area contributed by atoms with E-state index >= 15 is 0 Å². The van der Waals surface area contributed by atoms with E-state index < -0.39 is 10.8 Å². The minimum atomic E-state index is -0.523. The first kappa shape index (κ1) is 22.9. The van der Waals surface area contributed by atoms with Gasteiger partial charge in [-0.2, -0.15) is 0 Å². The third-order valence-electron chi connectivity index (χ3n) is 5.05. The molecule has 0 spiro atoms. The minimum Gasteiger partial charge on any atom is -0.474 e. The van der Waals surface area contributed by atoms with Crippen molar-refractivity contribution in [2.75, 3.05) is 56.7 Å². The lowest BCUT2D eigenvalue weighted by molar-refractivity contribution is -0.384. The molecule has 1 N–H and O–H groups in total. The number of rotatable bonds is 8. The van der Waals surface area contributed by atoms with Gasteiger partial charge in [0.25, 0.3) is 11.6 Å². The summed E-state index contributed by atoms with van der Waals surface area (Å²) < 4.78 is 10.4. The molecule has 170 valence electrons. The van der Waals surface area contributed by atoms with Gasteiger partial charge in [-0.25, -0.2) is 4.98 Å². The van der Waals surface area contributed by atoms with Crippen LogP contribution in [-0.4, -0.2) is 73.1 Å². The fraction of sp³-hybridized carbons (Fsp3) is 0.381. The highest BCUT2D eigenvalue weighted by Gasteiger charge is 2.26. The van der Waals surface area contributed by atoms with Crippen LogP contribution in [0.4, 0.5) is 17.1 Å². The molecular weight excluding hydrogens is 418 g/mol. The lowest BCUT2D eigenvalue weighted by Crippen LogP contribution is -2.48. The number of benzene rings is 1. The van der Waals surface area contributed by atoms with Crippen molar-refractivity contribution in [3.8, 4) is 5.88 Å². The summed E-state index contributed by atoms with van der Waals surface area (Å²) in [6, 6.07) is 7.63. The molecule has 1 aliphatic rings. The van der Waals surface area contributed by atoms with E-state index in [1.165, 1.54) is 25.3 Å². The van der Waals surface area contributed by atoms with Gasteiger partial charge in [0.15, 0.2) is 0 Å². The zero-order valence-electron chi connectivity index (χ0n) is 17.9. The van der Waals surface area contributed by atoms with E-state index in [0.717, 1.165) is 0 Å². The molecule has 0 radical (unpaired) electrons. The summed E-state index contributed by atoms with van der Waals surface area (Å²) in [6.45, 7) is 4.05. The summed E-state index contributed by atoms with van der Waals surface area (Å²) in [5.41, 5.74) is 0.728. The van der Waals surface area contributed by atoms with Crippen LogP contribution in [0, 0.1) is 10.1 Å². The molecule has 2 aromatic rings. The van der Waals surface area contributed by atoms with Crippen LogP contribution in [0.15, 0.2) is 36.5 Å². The fourth-order valence-electron chi connectivity index (χ4n) is 3.36. The Morgan fingerprint density at radius 1 is 1.19 bits per heavy atom. The summed E-state index contributed by atoms with van der Waals surface area (Å²) in [6.07, 6.45) is 1.53. The lowest BCUT2D eigenvalue weighted by atomic mass is 10.1. The van der Waals surface area contributed by atoms with Crippen molar-refractivity contribution in [1.29, 1.82) is 0 Å². The molecule has 0 bridgehead atoms. The van der Waals surface area contributed by atoms with Gasteiger partial charge in [0, 0.05) is 58.0 Å². The molecule has 0 aliphatic carbocycles. The molecule has 1 aliphatic heterocycles. The van der Waals surface area contributed by atoms with E-state index in [4.69, 9.17) is 9.47 Å².